The fourth-order valence-electron chi connectivity index (χ4n) is 1.44. The maximum Gasteiger partial charge on any atom is 0.310 e. The molecule has 1 aromatic heterocycles. The SMILES string of the molecule is Cc1cc(C)c2oc(NN)nc2c1. The number of hydrogen-bond acceptors (Lipinski definition) is 4. The summed E-state index contributed by atoms with van der Waals surface area (Å²) in [5.41, 5.74) is 6.26. The van der Waals surface area contributed by atoms with E-state index in [1.54, 1.807) is 0 Å². The molecule has 1 aromatic carbocycles. The average molecular weight is 177 g/mol. The van der Waals surface area contributed by atoms with Gasteiger partial charge >= 0.3 is 6.01 Å². The van der Waals surface area contributed by atoms with Crippen LogP contribution in [0.1, 0.15) is 11.1 Å². The maximum atomic E-state index is 5.36. The molecule has 2 rings (SSSR count). The van der Waals surface area contributed by atoms with Crippen molar-refractivity contribution in [2.24, 2.45) is 5.84 Å². The summed E-state index contributed by atoms with van der Waals surface area (Å²) in [6.07, 6.45) is 0. The molecule has 0 aliphatic rings. The second-order valence-electron chi connectivity index (χ2n) is 3.09. The van der Waals surface area contributed by atoms with Crippen LogP contribution in [-0.4, -0.2) is 4.98 Å². The first kappa shape index (κ1) is 8.07. The second-order valence-corrected chi connectivity index (χ2v) is 3.09. The number of nitrogens with zero attached hydrogens (tertiary/aromatic N) is 1. The van der Waals surface area contributed by atoms with Crippen molar-refractivity contribution in [1.29, 1.82) is 0 Å². The van der Waals surface area contributed by atoms with E-state index in [-0.39, 0.29) is 0 Å². The number of oxazole rings is 1. The lowest BCUT2D eigenvalue weighted by Gasteiger charge is -1.94. The molecule has 0 aliphatic heterocycles. The first-order valence-corrected chi connectivity index (χ1v) is 4.05. The number of aromatic nitrogens is 1. The quantitative estimate of drug-likeness (QED) is 0.514. The molecule has 4 nitrogen and oxygen atoms in total. The summed E-state index contributed by atoms with van der Waals surface area (Å²) in [6, 6.07) is 4.37. The monoisotopic (exact) mass is 177 g/mol. The molecule has 4 heteroatoms. The summed E-state index contributed by atoms with van der Waals surface area (Å²) in [5.74, 6) is 5.20. The van der Waals surface area contributed by atoms with Crippen molar-refractivity contribution in [2.45, 2.75) is 13.8 Å². The molecular weight excluding hydrogens is 166 g/mol. The summed E-state index contributed by atoms with van der Waals surface area (Å²) in [6.45, 7) is 4.01. The predicted octanol–water partition coefficient (Wildman–Crippen LogP) is 1.73. The molecule has 0 bridgehead atoms. The molecule has 0 saturated carbocycles. The van der Waals surface area contributed by atoms with E-state index in [1.807, 2.05) is 26.0 Å². The number of aryl methyl sites for hydroxylation is 2. The van der Waals surface area contributed by atoms with E-state index >= 15 is 0 Å². The molecule has 1 heterocycles. The van der Waals surface area contributed by atoms with Crippen LogP contribution in [0.3, 0.4) is 0 Å². The van der Waals surface area contributed by atoms with Crippen LogP contribution >= 0.6 is 0 Å². The number of benzene rings is 1. The second kappa shape index (κ2) is 2.74. The molecule has 13 heavy (non-hydrogen) atoms. The van der Waals surface area contributed by atoms with Crippen molar-refractivity contribution in [3.63, 3.8) is 0 Å². The number of nitrogens with two attached hydrogens (primary N) is 1. The zero-order valence-electron chi connectivity index (χ0n) is 7.59. The standard InChI is InChI=1S/C9H11N3O/c1-5-3-6(2)8-7(4-5)11-9(12-10)13-8/h3-4H,10H2,1-2H3,(H,11,12). The number of fused-ring (bicyclic) bond motifs is 1. The zero-order chi connectivity index (χ0) is 9.42. The van der Waals surface area contributed by atoms with Crippen LogP contribution in [0.15, 0.2) is 16.5 Å². The van der Waals surface area contributed by atoms with E-state index in [4.69, 9.17) is 10.3 Å². The minimum atomic E-state index is 0.351. The summed E-state index contributed by atoms with van der Waals surface area (Å²) in [7, 11) is 0. The minimum absolute atomic E-state index is 0.351. The van der Waals surface area contributed by atoms with Gasteiger partial charge in [-0.3, -0.25) is 5.43 Å². The summed E-state index contributed by atoms with van der Waals surface area (Å²) in [5, 5.41) is 0. The minimum Gasteiger partial charge on any atom is -0.422 e. The van der Waals surface area contributed by atoms with Crippen LogP contribution in [0.5, 0.6) is 0 Å². The van der Waals surface area contributed by atoms with Gasteiger partial charge < -0.3 is 4.42 Å². The highest BCUT2D eigenvalue weighted by atomic mass is 16.4. The van der Waals surface area contributed by atoms with Gasteiger partial charge in [-0.05, 0) is 31.0 Å². The number of hydrazine groups is 1. The van der Waals surface area contributed by atoms with E-state index in [0.29, 0.717) is 6.01 Å². The lowest BCUT2D eigenvalue weighted by Crippen LogP contribution is -2.06. The lowest BCUT2D eigenvalue weighted by molar-refractivity contribution is 0.614. The molecule has 68 valence electrons. The number of hydrogen-bond donors (Lipinski definition) is 2. The third-order valence-corrected chi connectivity index (χ3v) is 1.94. The Bertz CT molecular complexity index is 447. The van der Waals surface area contributed by atoms with E-state index < -0.39 is 0 Å². The van der Waals surface area contributed by atoms with Crippen molar-refractivity contribution in [2.75, 3.05) is 5.43 Å². The van der Waals surface area contributed by atoms with Gasteiger partial charge in [0.1, 0.15) is 5.52 Å². The van der Waals surface area contributed by atoms with Gasteiger partial charge in [-0.2, -0.15) is 4.98 Å². The Balaban J connectivity index is 2.75. The molecule has 0 fully saturated rings. The molecule has 0 saturated heterocycles. The van der Waals surface area contributed by atoms with Crippen molar-refractivity contribution >= 4 is 17.1 Å². The first-order chi connectivity index (χ1) is 6.20. The molecule has 0 radical (unpaired) electrons. The Hall–Kier alpha value is -1.55. The van der Waals surface area contributed by atoms with E-state index in [2.05, 4.69) is 10.4 Å². The molecule has 0 unspecified atom stereocenters. The van der Waals surface area contributed by atoms with Crippen LogP contribution < -0.4 is 11.3 Å². The third kappa shape index (κ3) is 1.25. The number of rotatable bonds is 1. The van der Waals surface area contributed by atoms with E-state index in [0.717, 1.165) is 16.7 Å². The van der Waals surface area contributed by atoms with Crippen LogP contribution in [0.25, 0.3) is 11.1 Å². The highest BCUT2D eigenvalue weighted by molar-refractivity contribution is 5.78. The first-order valence-electron chi connectivity index (χ1n) is 4.05. The zero-order valence-corrected chi connectivity index (χ0v) is 7.59. The summed E-state index contributed by atoms with van der Waals surface area (Å²) >= 11 is 0. The highest BCUT2D eigenvalue weighted by Gasteiger charge is 2.06. The van der Waals surface area contributed by atoms with Gasteiger partial charge in [0, 0.05) is 0 Å². The molecule has 0 amide bonds. The van der Waals surface area contributed by atoms with Gasteiger partial charge in [0.2, 0.25) is 0 Å². The fourth-order valence-corrected chi connectivity index (χ4v) is 1.44. The van der Waals surface area contributed by atoms with Crippen molar-refractivity contribution in [3.8, 4) is 0 Å². The van der Waals surface area contributed by atoms with Gasteiger partial charge in [-0.15, -0.1) is 0 Å². The van der Waals surface area contributed by atoms with Crippen LogP contribution in [0.2, 0.25) is 0 Å². The predicted molar refractivity (Wildman–Crippen MR) is 51.3 cm³/mol. The lowest BCUT2D eigenvalue weighted by atomic mass is 10.1. The highest BCUT2D eigenvalue weighted by Crippen LogP contribution is 2.22. The third-order valence-electron chi connectivity index (χ3n) is 1.94. The number of nitrogen functional groups attached to an aromatic ring is 1. The van der Waals surface area contributed by atoms with E-state index in [1.165, 1.54) is 5.56 Å². The topological polar surface area (TPSA) is 64.1 Å². The van der Waals surface area contributed by atoms with Crippen molar-refractivity contribution in [3.05, 3.63) is 23.3 Å². The largest absolute Gasteiger partial charge is 0.422 e. The maximum absolute atomic E-state index is 5.36. The Morgan fingerprint density at radius 1 is 1.38 bits per heavy atom. The Labute approximate surface area is 75.7 Å². The van der Waals surface area contributed by atoms with Gasteiger partial charge in [0.15, 0.2) is 5.58 Å². The van der Waals surface area contributed by atoms with Gasteiger partial charge in [0.05, 0.1) is 0 Å². The average Bonchev–Trinajstić information content (AvgIpc) is 2.47. The molecule has 3 N–H and O–H groups in total. The van der Waals surface area contributed by atoms with Gasteiger partial charge in [-0.25, -0.2) is 5.84 Å². The molecule has 0 spiro atoms. The van der Waals surface area contributed by atoms with Crippen LogP contribution in [-0.2, 0) is 0 Å². The Kier molecular flexibility index (Phi) is 1.70. The molecule has 0 atom stereocenters. The normalized spacial score (nSPS) is 10.7. The number of nitrogens with one attached hydrogen (secondary N) is 1. The van der Waals surface area contributed by atoms with Crippen molar-refractivity contribution < 1.29 is 4.42 Å². The molecule has 2 aromatic rings. The molecular formula is C9H11N3O. The van der Waals surface area contributed by atoms with Crippen LogP contribution in [0.4, 0.5) is 6.01 Å². The van der Waals surface area contributed by atoms with E-state index in [9.17, 15) is 0 Å². The van der Waals surface area contributed by atoms with Crippen LogP contribution in [0, 0.1) is 13.8 Å². The molecule has 0 aliphatic carbocycles. The number of anilines is 1. The Morgan fingerprint density at radius 2 is 2.15 bits per heavy atom. The van der Waals surface area contributed by atoms with Gasteiger partial charge in [0.25, 0.3) is 0 Å². The van der Waals surface area contributed by atoms with Crippen molar-refractivity contribution in [1.82, 2.24) is 4.98 Å². The Morgan fingerprint density at radius 3 is 2.85 bits per heavy atom. The van der Waals surface area contributed by atoms with Gasteiger partial charge in [-0.1, -0.05) is 6.07 Å². The fraction of sp³-hybridized carbons (Fsp3) is 0.222. The summed E-state index contributed by atoms with van der Waals surface area (Å²) in [4.78, 5) is 4.15. The smallest absolute Gasteiger partial charge is 0.310 e. The summed E-state index contributed by atoms with van der Waals surface area (Å²) < 4.78 is 5.36.